The zero-order chi connectivity index (χ0) is 16.4. The normalized spacial score (nSPS) is 12.7. The van der Waals surface area contributed by atoms with Crippen molar-refractivity contribution in [3.63, 3.8) is 0 Å². The van der Waals surface area contributed by atoms with Crippen molar-refractivity contribution in [1.29, 1.82) is 0 Å². The highest BCUT2D eigenvalue weighted by molar-refractivity contribution is 6.06. The first-order valence-corrected chi connectivity index (χ1v) is 7.50. The molecule has 1 aromatic heterocycles. The van der Waals surface area contributed by atoms with Gasteiger partial charge in [0, 0.05) is 23.6 Å². The van der Waals surface area contributed by atoms with Gasteiger partial charge in [-0.05, 0) is 48.0 Å². The molecule has 0 saturated heterocycles. The molecule has 0 aliphatic carbocycles. The van der Waals surface area contributed by atoms with Gasteiger partial charge in [-0.25, -0.2) is 4.98 Å². The Balaban J connectivity index is 1.49. The zero-order valence-corrected chi connectivity index (χ0v) is 12.8. The van der Waals surface area contributed by atoms with E-state index < -0.39 is 0 Å². The van der Waals surface area contributed by atoms with Crippen molar-refractivity contribution in [3.05, 3.63) is 78.4 Å². The van der Waals surface area contributed by atoms with E-state index in [1.54, 1.807) is 24.7 Å². The Morgan fingerprint density at radius 2 is 1.92 bits per heavy atom. The molecule has 1 aliphatic heterocycles. The predicted molar refractivity (Wildman–Crippen MR) is 89.5 cm³/mol. The van der Waals surface area contributed by atoms with Crippen LogP contribution in [-0.2, 0) is 0 Å². The SMILES string of the molecule is O=C(/C=C/c1ccc2c(c1)OCO2)c1ccc(-n2ccnc2)cc1. The van der Waals surface area contributed by atoms with E-state index in [1.807, 2.05) is 53.2 Å². The van der Waals surface area contributed by atoms with E-state index in [0.717, 1.165) is 17.0 Å². The van der Waals surface area contributed by atoms with E-state index in [-0.39, 0.29) is 12.6 Å². The van der Waals surface area contributed by atoms with E-state index in [9.17, 15) is 4.79 Å². The van der Waals surface area contributed by atoms with Crippen LogP contribution in [0.25, 0.3) is 11.8 Å². The maximum atomic E-state index is 12.3. The summed E-state index contributed by atoms with van der Waals surface area (Å²) in [5, 5.41) is 0. The van der Waals surface area contributed by atoms with Gasteiger partial charge in [0.1, 0.15) is 0 Å². The largest absolute Gasteiger partial charge is 0.454 e. The predicted octanol–water partition coefficient (Wildman–Crippen LogP) is 3.50. The Bertz CT molecular complexity index is 897. The van der Waals surface area contributed by atoms with E-state index in [1.165, 1.54) is 0 Å². The summed E-state index contributed by atoms with van der Waals surface area (Å²) >= 11 is 0. The molecule has 3 aromatic rings. The minimum absolute atomic E-state index is 0.0511. The van der Waals surface area contributed by atoms with Gasteiger partial charge in [0.2, 0.25) is 6.79 Å². The summed E-state index contributed by atoms with van der Waals surface area (Å²) in [5.41, 5.74) is 2.49. The molecular formula is C19H14N2O3. The number of carbonyl (C=O) groups is 1. The molecular weight excluding hydrogens is 304 g/mol. The second kappa shape index (κ2) is 6.04. The van der Waals surface area contributed by atoms with Gasteiger partial charge in [-0.3, -0.25) is 4.79 Å². The highest BCUT2D eigenvalue weighted by Crippen LogP contribution is 2.32. The molecule has 0 amide bonds. The molecule has 0 N–H and O–H groups in total. The van der Waals surface area contributed by atoms with Crippen LogP contribution in [0, 0.1) is 0 Å². The molecule has 0 unspecified atom stereocenters. The fourth-order valence-electron chi connectivity index (χ4n) is 2.49. The van der Waals surface area contributed by atoms with E-state index >= 15 is 0 Å². The van der Waals surface area contributed by atoms with Crippen LogP contribution >= 0.6 is 0 Å². The topological polar surface area (TPSA) is 53.4 Å². The lowest BCUT2D eigenvalue weighted by Crippen LogP contribution is -1.96. The fraction of sp³-hybridized carbons (Fsp3) is 0.0526. The number of hydrogen-bond donors (Lipinski definition) is 0. The Morgan fingerprint density at radius 1 is 1.08 bits per heavy atom. The van der Waals surface area contributed by atoms with Crippen LogP contribution in [-0.4, -0.2) is 22.1 Å². The Morgan fingerprint density at radius 3 is 2.71 bits per heavy atom. The molecule has 5 heteroatoms. The lowest BCUT2D eigenvalue weighted by atomic mass is 10.1. The van der Waals surface area contributed by atoms with Crippen molar-refractivity contribution in [1.82, 2.24) is 9.55 Å². The van der Waals surface area contributed by atoms with Gasteiger partial charge in [0.05, 0.1) is 6.33 Å². The monoisotopic (exact) mass is 318 g/mol. The number of benzene rings is 2. The molecule has 0 saturated carbocycles. The Kier molecular flexibility index (Phi) is 3.59. The van der Waals surface area contributed by atoms with Gasteiger partial charge in [-0.1, -0.05) is 12.1 Å². The summed E-state index contributed by atoms with van der Waals surface area (Å²) in [6, 6.07) is 13.0. The number of hydrogen-bond acceptors (Lipinski definition) is 4. The highest BCUT2D eigenvalue weighted by atomic mass is 16.7. The first kappa shape index (κ1) is 14.3. The quantitative estimate of drug-likeness (QED) is 0.546. The van der Waals surface area contributed by atoms with Gasteiger partial charge in [0.25, 0.3) is 0 Å². The van der Waals surface area contributed by atoms with Crippen molar-refractivity contribution in [3.8, 4) is 17.2 Å². The average molecular weight is 318 g/mol. The molecule has 0 fully saturated rings. The fourth-order valence-corrected chi connectivity index (χ4v) is 2.49. The van der Waals surface area contributed by atoms with Gasteiger partial charge < -0.3 is 14.0 Å². The first-order valence-electron chi connectivity index (χ1n) is 7.50. The van der Waals surface area contributed by atoms with Crippen molar-refractivity contribution in [2.24, 2.45) is 0 Å². The molecule has 24 heavy (non-hydrogen) atoms. The third kappa shape index (κ3) is 2.79. The standard InChI is InChI=1S/C19H14N2O3/c22-17(7-1-14-2-8-18-19(11-14)24-13-23-18)15-3-5-16(6-4-15)21-10-9-20-12-21/h1-12H,13H2/b7-1+. The maximum absolute atomic E-state index is 12.3. The number of imidazole rings is 1. The highest BCUT2D eigenvalue weighted by Gasteiger charge is 2.12. The van der Waals surface area contributed by atoms with E-state index in [2.05, 4.69) is 4.98 Å². The van der Waals surface area contributed by atoms with Crippen molar-refractivity contribution >= 4 is 11.9 Å². The molecule has 1 aliphatic rings. The van der Waals surface area contributed by atoms with Crippen LogP contribution in [0.15, 0.2) is 67.3 Å². The second-order valence-electron chi connectivity index (χ2n) is 5.33. The summed E-state index contributed by atoms with van der Waals surface area (Å²) in [6.07, 6.45) is 8.62. The number of aromatic nitrogens is 2. The summed E-state index contributed by atoms with van der Waals surface area (Å²) in [7, 11) is 0. The summed E-state index contributed by atoms with van der Waals surface area (Å²) < 4.78 is 12.5. The molecule has 0 bridgehead atoms. The minimum Gasteiger partial charge on any atom is -0.454 e. The van der Waals surface area contributed by atoms with Crippen LogP contribution in [0.1, 0.15) is 15.9 Å². The number of nitrogens with zero attached hydrogens (tertiary/aromatic N) is 2. The molecule has 5 nitrogen and oxygen atoms in total. The van der Waals surface area contributed by atoms with Gasteiger partial charge in [-0.15, -0.1) is 0 Å². The third-order valence-electron chi connectivity index (χ3n) is 3.78. The number of allylic oxidation sites excluding steroid dienone is 1. The molecule has 0 spiro atoms. The number of fused-ring (bicyclic) bond motifs is 1. The van der Waals surface area contributed by atoms with Crippen LogP contribution in [0.3, 0.4) is 0 Å². The smallest absolute Gasteiger partial charge is 0.231 e. The van der Waals surface area contributed by atoms with Gasteiger partial charge >= 0.3 is 0 Å². The summed E-state index contributed by atoms with van der Waals surface area (Å²) in [5.74, 6) is 1.38. The second-order valence-corrected chi connectivity index (χ2v) is 5.33. The van der Waals surface area contributed by atoms with Crippen LogP contribution in [0.5, 0.6) is 11.5 Å². The van der Waals surface area contributed by atoms with Gasteiger partial charge in [-0.2, -0.15) is 0 Å². The third-order valence-corrected chi connectivity index (χ3v) is 3.78. The molecule has 0 atom stereocenters. The van der Waals surface area contributed by atoms with Crippen molar-refractivity contribution in [2.75, 3.05) is 6.79 Å². The van der Waals surface area contributed by atoms with Gasteiger partial charge in [0.15, 0.2) is 17.3 Å². The number of rotatable bonds is 4. The van der Waals surface area contributed by atoms with E-state index in [4.69, 9.17) is 9.47 Å². The minimum atomic E-state index is -0.0511. The Hall–Kier alpha value is -3.34. The molecule has 4 rings (SSSR count). The van der Waals surface area contributed by atoms with Crippen molar-refractivity contribution in [2.45, 2.75) is 0 Å². The Labute approximate surface area is 138 Å². The molecule has 2 heterocycles. The summed E-state index contributed by atoms with van der Waals surface area (Å²) in [6.45, 7) is 0.241. The van der Waals surface area contributed by atoms with E-state index in [0.29, 0.717) is 11.3 Å². The van der Waals surface area contributed by atoms with Crippen LogP contribution in [0.2, 0.25) is 0 Å². The molecule has 0 radical (unpaired) electrons. The number of ether oxygens (including phenoxy) is 2. The maximum Gasteiger partial charge on any atom is 0.231 e. The lowest BCUT2D eigenvalue weighted by Gasteiger charge is -2.02. The first-order chi connectivity index (χ1) is 11.8. The number of carbonyl (C=O) groups excluding carboxylic acids is 1. The van der Waals surface area contributed by atoms with Crippen molar-refractivity contribution < 1.29 is 14.3 Å². The zero-order valence-electron chi connectivity index (χ0n) is 12.8. The lowest BCUT2D eigenvalue weighted by molar-refractivity contribution is 0.104. The van der Waals surface area contributed by atoms with Crippen LogP contribution < -0.4 is 9.47 Å². The number of ketones is 1. The molecule has 2 aromatic carbocycles. The average Bonchev–Trinajstić information content (AvgIpc) is 3.31. The summed E-state index contributed by atoms with van der Waals surface area (Å²) in [4.78, 5) is 16.3. The van der Waals surface area contributed by atoms with Crippen LogP contribution in [0.4, 0.5) is 0 Å². The molecule has 118 valence electrons.